The van der Waals surface area contributed by atoms with Gasteiger partial charge >= 0.3 is 7.37 Å². The van der Waals surface area contributed by atoms with Gasteiger partial charge in [0.15, 0.2) is 8.29 Å². The zero-order valence-electron chi connectivity index (χ0n) is 17.7. The Morgan fingerprint density at radius 2 is 2.03 bits per heavy atom. The monoisotopic (exact) mass is 494 g/mol. The molecule has 1 aromatic heterocycles. The lowest BCUT2D eigenvalue weighted by Crippen LogP contribution is -2.07. The number of hydrogen-bond donors (Lipinski definition) is 1. The molecule has 31 heavy (non-hydrogen) atoms. The van der Waals surface area contributed by atoms with E-state index in [9.17, 15) is 9.36 Å². The smallest absolute Gasteiger partial charge is 0.300 e. The van der Waals surface area contributed by atoms with Gasteiger partial charge in [0.1, 0.15) is 0 Å². The van der Waals surface area contributed by atoms with Crippen molar-refractivity contribution in [3.05, 3.63) is 88.8 Å². The molecule has 1 unspecified atom stereocenters. The molecule has 0 aliphatic heterocycles. The highest BCUT2D eigenvalue weighted by molar-refractivity contribution is 8.01. The highest BCUT2D eigenvalue weighted by Gasteiger charge is 2.36. The number of allylic oxidation sites excluding steroid dienone is 10. The maximum absolute atomic E-state index is 13.5. The summed E-state index contributed by atoms with van der Waals surface area (Å²) in [5, 5.41) is 7.12. The van der Waals surface area contributed by atoms with Gasteiger partial charge in [0.2, 0.25) is 0 Å². The third kappa shape index (κ3) is 8.67. The molecule has 166 valence electrons. The SMILES string of the molecule is C=C/C=C\C(=C/C=C)P(=O)(OCC)C(=O)C(=C)/C=C\C(=C/CC)CSc1n[nH]c(=S)s1. The summed E-state index contributed by atoms with van der Waals surface area (Å²) in [6.07, 6.45) is 13.9. The van der Waals surface area contributed by atoms with Crippen LogP contribution in [0.4, 0.5) is 0 Å². The molecule has 1 heterocycles. The van der Waals surface area contributed by atoms with Gasteiger partial charge in [-0.25, -0.2) is 0 Å². The molecule has 1 aromatic rings. The van der Waals surface area contributed by atoms with E-state index >= 15 is 0 Å². The summed E-state index contributed by atoms with van der Waals surface area (Å²) in [5.74, 6) is 0.648. The number of nitrogens with zero attached hydrogens (tertiary/aromatic N) is 1. The minimum absolute atomic E-state index is 0.0983. The Labute approximate surface area is 197 Å². The number of hydrogen-bond acceptors (Lipinski definition) is 7. The first-order chi connectivity index (χ1) is 14.8. The van der Waals surface area contributed by atoms with Crippen LogP contribution in [-0.4, -0.2) is 28.1 Å². The Morgan fingerprint density at radius 1 is 1.29 bits per heavy atom. The van der Waals surface area contributed by atoms with Crippen molar-refractivity contribution in [3.8, 4) is 0 Å². The lowest BCUT2D eigenvalue weighted by molar-refractivity contribution is -0.109. The van der Waals surface area contributed by atoms with Crippen molar-refractivity contribution in [2.45, 2.75) is 24.6 Å². The highest BCUT2D eigenvalue weighted by Crippen LogP contribution is 2.58. The topological polar surface area (TPSA) is 72.1 Å². The van der Waals surface area contributed by atoms with Crippen LogP contribution in [0.2, 0.25) is 0 Å². The summed E-state index contributed by atoms with van der Waals surface area (Å²) < 4.78 is 20.4. The number of carbonyl (C=O) groups excluding carboxylic acids is 1. The van der Waals surface area contributed by atoms with Crippen LogP contribution in [0, 0.1) is 3.95 Å². The van der Waals surface area contributed by atoms with Gasteiger partial charge in [0, 0.05) is 16.6 Å². The maximum atomic E-state index is 13.5. The fraction of sp³-hybridized carbons (Fsp3) is 0.227. The summed E-state index contributed by atoms with van der Waals surface area (Å²) in [6, 6.07) is 0. The van der Waals surface area contributed by atoms with Crippen LogP contribution in [0.3, 0.4) is 0 Å². The molecule has 0 bridgehead atoms. The van der Waals surface area contributed by atoms with Crippen molar-refractivity contribution in [2.24, 2.45) is 0 Å². The van der Waals surface area contributed by atoms with E-state index in [0.29, 0.717) is 9.71 Å². The van der Waals surface area contributed by atoms with Gasteiger partial charge < -0.3 is 4.52 Å². The standard InChI is InChI=1S/C22H27N2O3PS3/c1-6-10-13-19(12-8-3)28(26,27-9-4)20(25)17(5)14-15-18(11-7-2)16-30-22-24-23-21(29)31-22/h6,8,10-15H,1,3,5,7,9,16H2,2,4H3,(H,23,29)/b13-10-,15-14-,18-11+,19-12+. The van der Waals surface area contributed by atoms with E-state index in [2.05, 4.69) is 29.9 Å². The number of nitrogens with one attached hydrogen (secondary N) is 1. The van der Waals surface area contributed by atoms with Crippen LogP contribution in [-0.2, 0) is 13.9 Å². The predicted octanol–water partition coefficient (Wildman–Crippen LogP) is 7.39. The largest absolute Gasteiger partial charge is 0.320 e. The zero-order valence-corrected chi connectivity index (χ0v) is 21.0. The van der Waals surface area contributed by atoms with Crippen molar-refractivity contribution >= 4 is 48.2 Å². The Bertz CT molecular complexity index is 1030. The van der Waals surface area contributed by atoms with E-state index in [4.69, 9.17) is 16.7 Å². The molecule has 0 amide bonds. The number of thioether (sulfide) groups is 1. The number of H-pyrrole nitrogens is 1. The molecule has 9 heteroatoms. The average molecular weight is 495 g/mol. The molecule has 0 aliphatic carbocycles. The normalized spacial score (nSPS) is 14.6. The van der Waals surface area contributed by atoms with E-state index in [-0.39, 0.29) is 17.5 Å². The molecule has 0 fully saturated rings. The predicted molar refractivity (Wildman–Crippen MR) is 137 cm³/mol. The first kappa shape index (κ1) is 27.2. The fourth-order valence-electron chi connectivity index (χ4n) is 2.30. The quantitative estimate of drug-likeness (QED) is 0.0955. The summed E-state index contributed by atoms with van der Waals surface area (Å²) in [7, 11) is -3.84. The van der Waals surface area contributed by atoms with Crippen molar-refractivity contribution in [2.75, 3.05) is 12.4 Å². The van der Waals surface area contributed by atoms with Gasteiger partial charge in [-0.2, -0.15) is 5.10 Å². The molecular weight excluding hydrogens is 467 g/mol. The Morgan fingerprint density at radius 3 is 2.58 bits per heavy atom. The number of rotatable bonds is 14. The fourth-order valence-corrected chi connectivity index (χ4v) is 6.26. The maximum Gasteiger partial charge on any atom is 0.300 e. The number of aromatic nitrogens is 2. The lowest BCUT2D eigenvalue weighted by atomic mass is 10.2. The third-order valence-electron chi connectivity index (χ3n) is 3.63. The van der Waals surface area contributed by atoms with Crippen LogP contribution >= 0.6 is 42.7 Å². The summed E-state index contributed by atoms with van der Waals surface area (Å²) in [4.78, 5) is 13.1. The molecule has 0 saturated carbocycles. The van der Waals surface area contributed by atoms with Crippen LogP contribution in [0.5, 0.6) is 0 Å². The molecule has 0 spiro atoms. The zero-order chi connectivity index (χ0) is 23.3. The number of carbonyl (C=O) groups is 1. The van der Waals surface area contributed by atoms with Crippen molar-refractivity contribution in [1.82, 2.24) is 10.2 Å². The molecule has 0 aliphatic rings. The minimum Gasteiger partial charge on any atom is -0.320 e. The van der Waals surface area contributed by atoms with Crippen molar-refractivity contribution < 1.29 is 13.9 Å². The lowest BCUT2D eigenvalue weighted by Gasteiger charge is -2.17. The molecule has 0 saturated heterocycles. The molecule has 1 N–H and O–H groups in total. The van der Waals surface area contributed by atoms with Crippen LogP contribution < -0.4 is 0 Å². The summed E-state index contributed by atoms with van der Waals surface area (Å²) in [5.41, 5.74) is 0.435. The Balaban J connectivity index is 3.08. The van der Waals surface area contributed by atoms with Gasteiger partial charge in [-0.3, -0.25) is 14.5 Å². The Hall–Kier alpha value is -1.83. The van der Waals surface area contributed by atoms with E-state index < -0.39 is 12.9 Å². The van der Waals surface area contributed by atoms with Crippen LogP contribution in [0.15, 0.2) is 89.1 Å². The Kier molecular flexibility index (Phi) is 12.5. The van der Waals surface area contributed by atoms with Crippen molar-refractivity contribution in [3.63, 3.8) is 0 Å². The first-order valence-electron chi connectivity index (χ1n) is 9.48. The van der Waals surface area contributed by atoms with E-state index in [1.54, 1.807) is 36.9 Å². The minimum atomic E-state index is -3.84. The molecule has 1 atom stereocenters. The third-order valence-corrected chi connectivity index (χ3v) is 8.36. The number of aromatic amines is 1. The molecule has 5 nitrogen and oxygen atoms in total. The second-order valence-electron chi connectivity index (χ2n) is 5.91. The summed E-state index contributed by atoms with van der Waals surface area (Å²) in [6.45, 7) is 14.9. The van der Waals surface area contributed by atoms with Gasteiger partial charge in [0.25, 0.3) is 5.52 Å². The van der Waals surface area contributed by atoms with E-state index in [1.807, 2.05) is 13.0 Å². The van der Waals surface area contributed by atoms with Crippen molar-refractivity contribution in [1.29, 1.82) is 0 Å². The van der Waals surface area contributed by atoms with Crippen LogP contribution in [0.1, 0.15) is 20.3 Å². The van der Waals surface area contributed by atoms with Gasteiger partial charge in [0.05, 0.1) is 6.61 Å². The molecule has 1 rings (SSSR count). The molecule has 0 aromatic carbocycles. The molecule has 0 radical (unpaired) electrons. The second kappa shape index (κ2) is 14.3. The van der Waals surface area contributed by atoms with Gasteiger partial charge in [-0.05, 0) is 43.3 Å². The summed E-state index contributed by atoms with van der Waals surface area (Å²) >= 11 is 8.00. The van der Waals surface area contributed by atoms with Crippen LogP contribution in [0.25, 0.3) is 0 Å². The highest BCUT2D eigenvalue weighted by atomic mass is 32.2. The molecular formula is C22H27N2O3PS3. The van der Waals surface area contributed by atoms with Gasteiger partial charge in [-0.15, -0.1) is 0 Å². The second-order valence-corrected chi connectivity index (χ2v) is 11.1. The first-order valence-corrected chi connectivity index (χ1v) is 13.3. The average Bonchev–Trinajstić information content (AvgIpc) is 3.17. The van der Waals surface area contributed by atoms with E-state index in [1.165, 1.54) is 35.6 Å². The van der Waals surface area contributed by atoms with Gasteiger partial charge in [-0.1, -0.05) is 86.2 Å². The van der Waals surface area contributed by atoms with E-state index in [0.717, 1.165) is 16.3 Å².